The predicted octanol–water partition coefficient (Wildman–Crippen LogP) is 2.90. The van der Waals surface area contributed by atoms with Crippen LogP contribution in [0.15, 0.2) is 27.6 Å². The largest absolute Gasteiger partial charge is 0.350 e. The van der Waals surface area contributed by atoms with E-state index in [-0.39, 0.29) is 22.4 Å². The second-order valence-corrected chi connectivity index (χ2v) is 7.28. The second-order valence-electron chi connectivity index (χ2n) is 3.86. The van der Waals surface area contributed by atoms with Gasteiger partial charge in [0.1, 0.15) is 0 Å². The predicted molar refractivity (Wildman–Crippen MR) is 74.4 cm³/mol. The maximum absolute atomic E-state index is 11.9. The Bertz CT molecular complexity index is 559. The van der Waals surface area contributed by atoms with Crippen LogP contribution in [-0.4, -0.2) is 20.4 Å². The summed E-state index contributed by atoms with van der Waals surface area (Å²) in [5, 5.41) is 2.76. The van der Waals surface area contributed by atoms with E-state index in [1.807, 2.05) is 13.8 Å². The molecule has 1 unspecified atom stereocenters. The third-order valence-electron chi connectivity index (χ3n) is 2.45. The van der Waals surface area contributed by atoms with E-state index < -0.39 is 9.05 Å². The molecule has 0 saturated heterocycles. The Hall–Kier alpha value is -0.590. The summed E-state index contributed by atoms with van der Waals surface area (Å²) in [7, 11) is 1.41. The lowest BCUT2D eigenvalue weighted by atomic mass is 10.2. The van der Waals surface area contributed by atoms with Crippen molar-refractivity contribution in [3.63, 3.8) is 0 Å². The summed E-state index contributed by atoms with van der Waals surface area (Å²) in [5.41, 5.74) is 0.247. The van der Waals surface area contributed by atoms with E-state index in [1.54, 1.807) is 0 Å². The number of nitrogens with one attached hydrogen (secondary N) is 1. The van der Waals surface area contributed by atoms with Gasteiger partial charge in [0.2, 0.25) is 0 Å². The van der Waals surface area contributed by atoms with Crippen molar-refractivity contribution in [1.82, 2.24) is 5.32 Å². The quantitative estimate of drug-likeness (QED) is 0.846. The number of carbonyl (C=O) groups excluding carboxylic acids is 1. The summed E-state index contributed by atoms with van der Waals surface area (Å²) in [6.45, 7) is 3.81. The lowest BCUT2D eigenvalue weighted by Gasteiger charge is -2.12. The van der Waals surface area contributed by atoms with Gasteiger partial charge < -0.3 is 5.32 Å². The molecule has 0 aliphatic heterocycles. The topological polar surface area (TPSA) is 63.2 Å². The second kappa shape index (κ2) is 6.04. The van der Waals surface area contributed by atoms with Crippen LogP contribution in [0.5, 0.6) is 0 Å². The summed E-state index contributed by atoms with van der Waals surface area (Å²) in [5.74, 6) is -0.335. The minimum atomic E-state index is -3.84. The highest BCUT2D eigenvalue weighted by Gasteiger charge is 2.17. The Morgan fingerprint density at radius 1 is 1.50 bits per heavy atom. The first-order valence-corrected chi connectivity index (χ1v) is 8.41. The Labute approximate surface area is 119 Å². The number of benzene rings is 1. The average molecular weight is 355 g/mol. The van der Waals surface area contributed by atoms with E-state index in [9.17, 15) is 13.2 Å². The minimum absolute atomic E-state index is 0.0145. The molecule has 100 valence electrons. The van der Waals surface area contributed by atoms with Gasteiger partial charge in [-0.25, -0.2) is 8.42 Å². The number of carbonyl (C=O) groups is 1. The molecule has 1 N–H and O–H groups in total. The monoisotopic (exact) mass is 353 g/mol. The zero-order chi connectivity index (χ0) is 13.9. The molecule has 0 aliphatic carbocycles. The molecule has 1 atom stereocenters. The molecule has 1 aromatic carbocycles. The molecule has 0 bridgehead atoms. The fourth-order valence-electron chi connectivity index (χ4n) is 1.23. The van der Waals surface area contributed by atoms with E-state index in [1.165, 1.54) is 18.2 Å². The molecule has 0 aromatic heterocycles. The number of rotatable bonds is 4. The molecule has 7 heteroatoms. The van der Waals surface area contributed by atoms with E-state index in [4.69, 9.17) is 10.7 Å². The lowest BCUT2D eigenvalue weighted by Crippen LogP contribution is -2.32. The SMILES string of the molecule is CCC(C)NC(=O)c1cc(S(=O)(=O)Cl)ccc1Br. The van der Waals surface area contributed by atoms with Crippen molar-refractivity contribution in [2.24, 2.45) is 0 Å². The molecule has 1 amide bonds. The fraction of sp³-hybridized carbons (Fsp3) is 0.364. The first kappa shape index (κ1) is 15.5. The first-order valence-electron chi connectivity index (χ1n) is 5.30. The van der Waals surface area contributed by atoms with Gasteiger partial charge in [-0.1, -0.05) is 6.92 Å². The van der Waals surface area contributed by atoms with Crippen molar-refractivity contribution >= 4 is 41.6 Å². The van der Waals surface area contributed by atoms with E-state index in [2.05, 4.69) is 21.2 Å². The average Bonchev–Trinajstić information content (AvgIpc) is 2.27. The van der Waals surface area contributed by atoms with Crippen LogP contribution in [0.25, 0.3) is 0 Å². The summed E-state index contributed by atoms with van der Waals surface area (Å²) < 4.78 is 23.0. The van der Waals surface area contributed by atoms with E-state index >= 15 is 0 Å². The van der Waals surface area contributed by atoms with Crippen LogP contribution in [0.4, 0.5) is 0 Å². The maximum Gasteiger partial charge on any atom is 0.261 e. The van der Waals surface area contributed by atoms with Gasteiger partial charge in [0, 0.05) is 21.2 Å². The van der Waals surface area contributed by atoms with Crippen molar-refractivity contribution in [3.05, 3.63) is 28.2 Å². The molecule has 1 rings (SSSR count). The van der Waals surface area contributed by atoms with Crippen LogP contribution < -0.4 is 5.32 Å². The van der Waals surface area contributed by atoms with Crippen molar-refractivity contribution in [3.8, 4) is 0 Å². The number of halogens is 2. The summed E-state index contributed by atoms with van der Waals surface area (Å²) in [4.78, 5) is 11.8. The Balaban J connectivity index is 3.12. The zero-order valence-corrected chi connectivity index (χ0v) is 13.1. The van der Waals surface area contributed by atoms with Crippen LogP contribution in [0.2, 0.25) is 0 Å². The van der Waals surface area contributed by atoms with Gasteiger partial charge in [-0.05, 0) is 47.5 Å². The molecule has 0 heterocycles. The van der Waals surface area contributed by atoms with Crippen LogP contribution in [0.1, 0.15) is 30.6 Å². The molecule has 18 heavy (non-hydrogen) atoms. The summed E-state index contributed by atoms with van der Waals surface area (Å²) in [6, 6.07) is 4.10. The molecule has 0 aliphatic rings. The normalized spacial score (nSPS) is 13.1. The lowest BCUT2D eigenvalue weighted by molar-refractivity contribution is 0.0938. The minimum Gasteiger partial charge on any atom is -0.350 e. The van der Waals surface area contributed by atoms with Gasteiger partial charge >= 0.3 is 0 Å². The third kappa shape index (κ3) is 3.96. The fourth-order valence-corrected chi connectivity index (χ4v) is 2.44. The van der Waals surface area contributed by atoms with Crippen LogP contribution in [-0.2, 0) is 9.05 Å². The van der Waals surface area contributed by atoms with Crippen molar-refractivity contribution in [1.29, 1.82) is 0 Å². The van der Waals surface area contributed by atoms with Crippen LogP contribution >= 0.6 is 26.6 Å². The van der Waals surface area contributed by atoms with Gasteiger partial charge in [-0.2, -0.15) is 0 Å². The molecular formula is C11H13BrClNO3S. The van der Waals surface area contributed by atoms with Gasteiger partial charge in [0.05, 0.1) is 10.5 Å². The molecule has 0 radical (unpaired) electrons. The zero-order valence-electron chi connectivity index (χ0n) is 9.91. The highest BCUT2D eigenvalue weighted by Crippen LogP contribution is 2.23. The van der Waals surface area contributed by atoms with E-state index in [0.717, 1.165) is 6.42 Å². The van der Waals surface area contributed by atoms with Crippen molar-refractivity contribution < 1.29 is 13.2 Å². The molecule has 0 fully saturated rings. The molecule has 4 nitrogen and oxygen atoms in total. The Morgan fingerprint density at radius 3 is 2.61 bits per heavy atom. The highest BCUT2D eigenvalue weighted by atomic mass is 79.9. The Kier molecular flexibility index (Phi) is 5.19. The standard InChI is InChI=1S/C11H13BrClNO3S/c1-3-7(2)14-11(15)9-6-8(18(13,16)17)4-5-10(9)12/h4-7H,3H2,1-2H3,(H,14,15). The van der Waals surface area contributed by atoms with Crippen LogP contribution in [0.3, 0.4) is 0 Å². The van der Waals surface area contributed by atoms with Gasteiger partial charge in [0.15, 0.2) is 0 Å². The summed E-state index contributed by atoms with van der Waals surface area (Å²) in [6.07, 6.45) is 0.789. The van der Waals surface area contributed by atoms with Gasteiger partial charge in [-0.3, -0.25) is 4.79 Å². The van der Waals surface area contributed by atoms with E-state index in [0.29, 0.717) is 4.47 Å². The molecule has 0 saturated carbocycles. The molecule has 1 aromatic rings. The molecular weight excluding hydrogens is 342 g/mol. The maximum atomic E-state index is 11.9. The number of amides is 1. The first-order chi connectivity index (χ1) is 8.25. The van der Waals surface area contributed by atoms with Gasteiger partial charge in [0.25, 0.3) is 15.0 Å². The van der Waals surface area contributed by atoms with Crippen LogP contribution in [0, 0.1) is 0 Å². The number of hydrogen-bond acceptors (Lipinski definition) is 3. The Morgan fingerprint density at radius 2 is 2.11 bits per heavy atom. The smallest absolute Gasteiger partial charge is 0.261 e. The van der Waals surface area contributed by atoms with Gasteiger partial charge in [-0.15, -0.1) is 0 Å². The van der Waals surface area contributed by atoms with Crippen molar-refractivity contribution in [2.45, 2.75) is 31.2 Å². The van der Waals surface area contributed by atoms with Crippen molar-refractivity contribution in [2.75, 3.05) is 0 Å². The third-order valence-corrected chi connectivity index (χ3v) is 4.50. The molecule has 0 spiro atoms. The highest BCUT2D eigenvalue weighted by molar-refractivity contribution is 9.10. The summed E-state index contributed by atoms with van der Waals surface area (Å²) >= 11 is 3.21. The number of hydrogen-bond donors (Lipinski definition) is 1.